The van der Waals surface area contributed by atoms with E-state index in [-0.39, 0.29) is 23.7 Å². The molecule has 0 atom stereocenters. The molecule has 4 rings (SSSR count). The summed E-state index contributed by atoms with van der Waals surface area (Å²) in [6.45, 7) is 5.18. The smallest absolute Gasteiger partial charge is 0.313 e. The molecule has 11 nitrogen and oxygen atoms in total. The average Bonchev–Trinajstić information content (AvgIpc) is 3.45. The molecule has 1 heterocycles. The Morgan fingerprint density at radius 3 is 2.30 bits per heavy atom. The minimum Gasteiger partial charge on any atom is -0.458 e. The second kappa shape index (κ2) is 14.4. The van der Waals surface area contributed by atoms with Crippen molar-refractivity contribution in [3.63, 3.8) is 0 Å². The molecule has 44 heavy (non-hydrogen) atoms. The van der Waals surface area contributed by atoms with Crippen molar-refractivity contribution in [2.45, 2.75) is 38.8 Å². The van der Waals surface area contributed by atoms with Crippen LogP contribution in [0.3, 0.4) is 0 Å². The van der Waals surface area contributed by atoms with Gasteiger partial charge < -0.3 is 15.1 Å². The van der Waals surface area contributed by atoms with Crippen molar-refractivity contribution in [3.05, 3.63) is 119 Å². The van der Waals surface area contributed by atoms with Crippen LogP contribution in [0.2, 0.25) is 0 Å². The second-order valence-corrected chi connectivity index (χ2v) is 12.0. The van der Waals surface area contributed by atoms with Crippen molar-refractivity contribution in [2.75, 3.05) is 11.9 Å². The molecule has 0 saturated carbocycles. The number of aryl methyl sites for hydroxylation is 3. The maximum atomic E-state index is 13.4. The van der Waals surface area contributed by atoms with Crippen molar-refractivity contribution in [1.82, 2.24) is 15.0 Å². The monoisotopic (exact) mass is 615 g/mol. The quantitative estimate of drug-likeness (QED) is 0.133. The van der Waals surface area contributed by atoms with Gasteiger partial charge in [-0.1, -0.05) is 54.1 Å². The summed E-state index contributed by atoms with van der Waals surface area (Å²) in [5, 5.41) is 8.91. The molecule has 0 aliphatic rings. The van der Waals surface area contributed by atoms with Gasteiger partial charge in [0.25, 0.3) is 5.91 Å². The van der Waals surface area contributed by atoms with Gasteiger partial charge in [0, 0.05) is 12.2 Å². The Labute approximate surface area is 256 Å². The Balaban J connectivity index is 1.31. The normalized spacial score (nSPS) is 11.5. The molecular formula is C32H33N5O6S. The number of nitrogens with one attached hydrogen (secondary N) is 3. The minimum atomic E-state index is -3.99. The van der Waals surface area contributed by atoms with Crippen LogP contribution in [0.4, 0.5) is 5.69 Å². The first-order valence-electron chi connectivity index (χ1n) is 13.7. The van der Waals surface area contributed by atoms with Gasteiger partial charge in [-0.15, -0.1) is 0 Å². The van der Waals surface area contributed by atoms with Crippen LogP contribution < -0.4 is 16.1 Å². The SMILES string of the molecule is Cc1ccc(S(=O)(=O)N(CC(=O)N/N=C\c2ccc(CNC(=O)C(=O)Nc3ccc(C)c(C)c3)o2)Cc2ccccc2)cc1. The number of sulfonamides is 1. The maximum Gasteiger partial charge on any atom is 0.313 e. The van der Waals surface area contributed by atoms with Gasteiger partial charge >= 0.3 is 11.8 Å². The molecule has 0 saturated heterocycles. The summed E-state index contributed by atoms with van der Waals surface area (Å²) in [6, 6.07) is 23.9. The third kappa shape index (κ3) is 8.72. The zero-order valence-corrected chi connectivity index (χ0v) is 25.4. The Morgan fingerprint density at radius 1 is 0.864 bits per heavy atom. The highest BCUT2D eigenvalue weighted by atomic mass is 32.2. The zero-order chi connectivity index (χ0) is 31.7. The van der Waals surface area contributed by atoms with E-state index in [2.05, 4.69) is 21.2 Å². The molecule has 1 aromatic heterocycles. The Morgan fingerprint density at radius 2 is 1.59 bits per heavy atom. The molecule has 0 unspecified atom stereocenters. The molecule has 12 heteroatoms. The molecule has 3 amide bonds. The van der Waals surface area contributed by atoms with Crippen molar-refractivity contribution in [3.8, 4) is 0 Å². The van der Waals surface area contributed by atoms with E-state index >= 15 is 0 Å². The molecule has 3 aromatic carbocycles. The summed E-state index contributed by atoms with van der Waals surface area (Å²) in [7, 11) is -3.99. The van der Waals surface area contributed by atoms with Crippen molar-refractivity contribution >= 4 is 39.6 Å². The van der Waals surface area contributed by atoms with E-state index in [0.717, 1.165) is 26.6 Å². The van der Waals surface area contributed by atoms with Crippen LogP contribution >= 0.6 is 0 Å². The van der Waals surface area contributed by atoms with Gasteiger partial charge in [-0.2, -0.15) is 9.41 Å². The largest absolute Gasteiger partial charge is 0.458 e. The van der Waals surface area contributed by atoms with Crippen LogP contribution in [0.1, 0.15) is 33.8 Å². The number of carbonyl (C=O) groups excluding carboxylic acids is 3. The van der Waals surface area contributed by atoms with Gasteiger partial charge in [-0.25, -0.2) is 13.8 Å². The Kier molecular flexibility index (Phi) is 10.4. The predicted octanol–water partition coefficient (Wildman–Crippen LogP) is 3.80. The minimum absolute atomic E-state index is 0.00979. The lowest BCUT2D eigenvalue weighted by atomic mass is 10.1. The van der Waals surface area contributed by atoms with Crippen LogP contribution in [-0.2, 0) is 37.5 Å². The number of anilines is 1. The summed E-state index contributed by atoms with van der Waals surface area (Å²) < 4.78 is 33.4. The molecule has 0 fully saturated rings. The van der Waals surface area contributed by atoms with E-state index in [4.69, 9.17) is 4.42 Å². The highest BCUT2D eigenvalue weighted by Crippen LogP contribution is 2.19. The first-order valence-corrected chi connectivity index (χ1v) is 15.1. The van der Waals surface area contributed by atoms with E-state index in [9.17, 15) is 22.8 Å². The van der Waals surface area contributed by atoms with Crippen LogP contribution in [0, 0.1) is 20.8 Å². The number of amides is 3. The predicted molar refractivity (Wildman–Crippen MR) is 166 cm³/mol. The number of benzene rings is 3. The maximum absolute atomic E-state index is 13.4. The molecule has 0 aliphatic heterocycles. The lowest BCUT2D eigenvalue weighted by Crippen LogP contribution is -2.39. The summed E-state index contributed by atoms with van der Waals surface area (Å²) in [6.07, 6.45) is 1.24. The number of nitrogens with zero attached hydrogens (tertiary/aromatic N) is 2. The van der Waals surface area contributed by atoms with Crippen LogP contribution in [-0.4, -0.2) is 43.2 Å². The summed E-state index contributed by atoms with van der Waals surface area (Å²) >= 11 is 0. The first kappa shape index (κ1) is 31.9. The Hall–Kier alpha value is -5.07. The lowest BCUT2D eigenvalue weighted by Gasteiger charge is -2.21. The standard InChI is InChI=1S/C32H33N5O6S/c1-22-9-15-29(16-10-22)44(41,42)37(20-25-7-5-4-6-8-25)21-30(38)36-34-19-28-14-13-27(43-28)18-33-31(39)32(40)35-26-12-11-23(2)24(3)17-26/h4-17,19H,18,20-21H2,1-3H3,(H,33,39)(H,35,40)(H,36,38)/b34-19-. The summed E-state index contributed by atoms with van der Waals surface area (Å²) in [4.78, 5) is 37.2. The molecule has 0 bridgehead atoms. The Bertz CT molecular complexity index is 1770. The van der Waals surface area contributed by atoms with Crippen LogP contribution in [0.15, 0.2) is 99.3 Å². The van der Waals surface area contributed by atoms with E-state index < -0.39 is 34.3 Å². The van der Waals surface area contributed by atoms with Crippen LogP contribution in [0.25, 0.3) is 0 Å². The van der Waals surface area contributed by atoms with Gasteiger partial charge in [-0.05, 0) is 73.9 Å². The molecule has 0 radical (unpaired) electrons. The molecule has 3 N–H and O–H groups in total. The molecule has 0 spiro atoms. The van der Waals surface area contributed by atoms with E-state index in [1.165, 1.54) is 18.3 Å². The van der Waals surface area contributed by atoms with Crippen LogP contribution in [0.5, 0.6) is 0 Å². The molecule has 228 valence electrons. The fourth-order valence-corrected chi connectivity index (χ4v) is 5.43. The van der Waals surface area contributed by atoms with Gasteiger partial charge in [-0.3, -0.25) is 14.4 Å². The molecule has 4 aromatic rings. The number of furan rings is 1. The summed E-state index contributed by atoms with van der Waals surface area (Å²) in [5.74, 6) is -1.68. The van der Waals surface area contributed by atoms with Gasteiger partial charge in [0.1, 0.15) is 11.5 Å². The number of hydrazone groups is 1. The fourth-order valence-electron chi connectivity index (χ4n) is 4.05. The van der Waals surface area contributed by atoms with E-state index in [0.29, 0.717) is 11.4 Å². The topological polar surface area (TPSA) is 150 Å². The number of carbonyl (C=O) groups is 3. The second-order valence-electron chi connectivity index (χ2n) is 10.1. The fraction of sp³-hybridized carbons (Fsp3) is 0.188. The number of hydrogen-bond acceptors (Lipinski definition) is 7. The summed E-state index contributed by atoms with van der Waals surface area (Å²) in [5.41, 5.74) is 6.53. The third-order valence-corrected chi connectivity index (χ3v) is 8.44. The zero-order valence-electron chi connectivity index (χ0n) is 24.5. The van der Waals surface area contributed by atoms with Crippen molar-refractivity contribution in [2.24, 2.45) is 5.10 Å². The lowest BCUT2D eigenvalue weighted by molar-refractivity contribution is -0.136. The van der Waals surface area contributed by atoms with Gasteiger partial charge in [0.05, 0.1) is 24.2 Å². The number of rotatable bonds is 11. The average molecular weight is 616 g/mol. The highest BCUT2D eigenvalue weighted by molar-refractivity contribution is 7.89. The van der Waals surface area contributed by atoms with Gasteiger partial charge in [0.2, 0.25) is 10.0 Å². The van der Waals surface area contributed by atoms with Gasteiger partial charge in [0.15, 0.2) is 0 Å². The molecule has 0 aliphatic carbocycles. The number of hydrogen-bond donors (Lipinski definition) is 3. The third-order valence-electron chi connectivity index (χ3n) is 6.64. The van der Waals surface area contributed by atoms with Crippen molar-refractivity contribution in [1.29, 1.82) is 0 Å². The van der Waals surface area contributed by atoms with Crippen molar-refractivity contribution < 1.29 is 27.2 Å². The first-order chi connectivity index (χ1) is 21.0. The van der Waals surface area contributed by atoms with E-state index in [1.807, 2.05) is 32.9 Å². The molecular weight excluding hydrogens is 582 g/mol. The highest BCUT2D eigenvalue weighted by Gasteiger charge is 2.27. The van der Waals surface area contributed by atoms with E-state index in [1.54, 1.807) is 60.7 Å².